The summed E-state index contributed by atoms with van der Waals surface area (Å²) in [4.78, 5) is 11.9. The number of ether oxygens (including phenoxy) is 2. The molecule has 0 aliphatic rings. The molecule has 0 radical (unpaired) electrons. The molecule has 134 valence electrons. The second-order valence-electron chi connectivity index (χ2n) is 5.47. The molecule has 5 nitrogen and oxygen atoms in total. The predicted molar refractivity (Wildman–Crippen MR) is 101 cm³/mol. The first-order chi connectivity index (χ1) is 12.1. The third-order valence-corrected chi connectivity index (χ3v) is 3.98. The fourth-order valence-corrected chi connectivity index (χ4v) is 2.47. The molecule has 0 saturated carbocycles. The van der Waals surface area contributed by atoms with Crippen LogP contribution in [0.3, 0.4) is 0 Å². The second-order valence-corrected chi connectivity index (χ2v) is 5.91. The van der Waals surface area contributed by atoms with Crippen LogP contribution >= 0.6 is 11.6 Å². The normalized spacial score (nSPS) is 10.2. The lowest BCUT2D eigenvalue weighted by Crippen LogP contribution is -2.27. The maximum Gasteiger partial charge on any atom is 0.221 e. The van der Waals surface area contributed by atoms with E-state index in [4.69, 9.17) is 21.1 Å². The number of carbonyl (C=O) groups is 1. The third-order valence-electron chi connectivity index (χ3n) is 3.73. The van der Waals surface area contributed by atoms with Crippen LogP contribution in [0.2, 0.25) is 5.02 Å². The number of carbonyl (C=O) groups excluding carboxylic acids is 1. The summed E-state index contributed by atoms with van der Waals surface area (Å²) < 4.78 is 10.5. The Labute approximate surface area is 153 Å². The van der Waals surface area contributed by atoms with Gasteiger partial charge in [-0.15, -0.1) is 0 Å². The van der Waals surface area contributed by atoms with Gasteiger partial charge in [-0.2, -0.15) is 0 Å². The predicted octanol–water partition coefficient (Wildman–Crippen LogP) is 3.52. The SMILES string of the molecule is COc1ccc(NCCC(=O)NCCc2ccc(Cl)cc2)c(OC)c1. The number of benzene rings is 2. The van der Waals surface area contributed by atoms with Crippen molar-refractivity contribution in [2.24, 2.45) is 0 Å². The minimum Gasteiger partial charge on any atom is -0.497 e. The Bertz CT molecular complexity index is 690. The highest BCUT2D eigenvalue weighted by Gasteiger charge is 2.06. The van der Waals surface area contributed by atoms with Gasteiger partial charge in [-0.05, 0) is 36.2 Å². The first kappa shape index (κ1) is 18.9. The summed E-state index contributed by atoms with van der Waals surface area (Å²) in [6, 6.07) is 13.1. The van der Waals surface area contributed by atoms with Crippen LogP contribution in [0.5, 0.6) is 11.5 Å². The molecule has 1 amide bonds. The van der Waals surface area contributed by atoms with Crippen molar-refractivity contribution in [3.63, 3.8) is 0 Å². The smallest absolute Gasteiger partial charge is 0.221 e. The highest BCUT2D eigenvalue weighted by atomic mass is 35.5. The first-order valence-corrected chi connectivity index (χ1v) is 8.47. The van der Waals surface area contributed by atoms with E-state index in [1.807, 2.05) is 36.4 Å². The van der Waals surface area contributed by atoms with Crippen molar-refractivity contribution in [2.75, 3.05) is 32.6 Å². The second kappa shape index (κ2) is 9.79. The van der Waals surface area contributed by atoms with E-state index in [1.54, 1.807) is 20.3 Å². The summed E-state index contributed by atoms with van der Waals surface area (Å²) in [7, 11) is 3.21. The number of hydrogen-bond acceptors (Lipinski definition) is 4. The highest BCUT2D eigenvalue weighted by molar-refractivity contribution is 6.30. The standard InChI is InChI=1S/C19H23ClN2O3/c1-24-16-7-8-17(18(13-16)25-2)21-12-10-19(23)22-11-9-14-3-5-15(20)6-4-14/h3-8,13,21H,9-12H2,1-2H3,(H,22,23). The van der Waals surface area contributed by atoms with Gasteiger partial charge < -0.3 is 20.1 Å². The molecule has 2 aromatic rings. The van der Waals surface area contributed by atoms with Gasteiger partial charge in [0.2, 0.25) is 5.91 Å². The molecule has 0 spiro atoms. The van der Waals surface area contributed by atoms with E-state index in [0.717, 1.165) is 23.4 Å². The van der Waals surface area contributed by atoms with Crippen LogP contribution in [0.15, 0.2) is 42.5 Å². The van der Waals surface area contributed by atoms with Gasteiger partial charge in [-0.3, -0.25) is 4.79 Å². The number of amides is 1. The van der Waals surface area contributed by atoms with Gasteiger partial charge in [0.1, 0.15) is 11.5 Å². The summed E-state index contributed by atoms with van der Waals surface area (Å²) in [5, 5.41) is 6.84. The molecular formula is C19H23ClN2O3. The summed E-state index contributed by atoms with van der Waals surface area (Å²) in [6.07, 6.45) is 1.17. The fraction of sp³-hybridized carbons (Fsp3) is 0.316. The Balaban J connectivity index is 1.70. The largest absolute Gasteiger partial charge is 0.497 e. The average molecular weight is 363 g/mol. The molecule has 25 heavy (non-hydrogen) atoms. The topological polar surface area (TPSA) is 59.6 Å². The molecule has 0 aliphatic carbocycles. The Hall–Kier alpha value is -2.40. The molecule has 0 heterocycles. The number of nitrogens with one attached hydrogen (secondary N) is 2. The van der Waals surface area contributed by atoms with Gasteiger partial charge in [-0.25, -0.2) is 0 Å². The molecule has 0 atom stereocenters. The van der Waals surface area contributed by atoms with Crippen molar-refractivity contribution >= 4 is 23.2 Å². The van der Waals surface area contributed by atoms with Crippen molar-refractivity contribution in [2.45, 2.75) is 12.8 Å². The molecule has 0 fully saturated rings. The summed E-state index contributed by atoms with van der Waals surface area (Å²) >= 11 is 5.85. The summed E-state index contributed by atoms with van der Waals surface area (Å²) in [5.41, 5.74) is 1.98. The Morgan fingerprint density at radius 1 is 1.04 bits per heavy atom. The molecule has 0 aromatic heterocycles. The maximum atomic E-state index is 11.9. The van der Waals surface area contributed by atoms with E-state index in [0.29, 0.717) is 30.3 Å². The Morgan fingerprint density at radius 3 is 2.48 bits per heavy atom. The summed E-state index contributed by atoms with van der Waals surface area (Å²) in [6.45, 7) is 1.13. The van der Waals surface area contributed by atoms with Gasteiger partial charge >= 0.3 is 0 Å². The molecule has 6 heteroatoms. The van der Waals surface area contributed by atoms with Crippen molar-refractivity contribution in [3.05, 3.63) is 53.1 Å². The van der Waals surface area contributed by atoms with Crippen LogP contribution in [-0.4, -0.2) is 33.2 Å². The third kappa shape index (κ3) is 6.19. The number of rotatable bonds is 9. The van der Waals surface area contributed by atoms with Crippen molar-refractivity contribution < 1.29 is 14.3 Å². The molecule has 2 rings (SSSR count). The highest BCUT2D eigenvalue weighted by Crippen LogP contribution is 2.28. The lowest BCUT2D eigenvalue weighted by molar-refractivity contribution is -0.120. The minimum atomic E-state index is 0.00828. The van der Waals surface area contributed by atoms with Crippen LogP contribution in [0, 0.1) is 0 Å². The van der Waals surface area contributed by atoms with Crippen LogP contribution in [0.4, 0.5) is 5.69 Å². The minimum absolute atomic E-state index is 0.00828. The van der Waals surface area contributed by atoms with E-state index in [-0.39, 0.29) is 5.91 Å². The molecule has 0 saturated heterocycles. The van der Waals surface area contributed by atoms with Crippen LogP contribution in [0.1, 0.15) is 12.0 Å². The van der Waals surface area contributed by atoms with E-state index in [2.05, 4.69) is 10.6 Å². The van der Waals surface area contributed by atoms with Gasteiger partial charge in [0.25, 0.3) is 0 Å². The van der Waals surface area contributed by atoms with Gasteiger partial charge in [0.05, 0.1) is 19.9 Å². The van der Waals surface area contributed by atoms with Crippen molar-refractivity contribution in [1.29, 1.82) is 0 Å². The monoisotopic (exact) mass is 362 g/mol. The molecule has 2 N–H and O–H groups in total. The van der Waals surface area contributed by atoms with Gasteiger partial charge in [0.15, 0.2) is 0 Å². The van der Waals surface area contributed by atoms with Crippen molar-refractivity contribution in [1.82, 2.24) is 5.32 Å². The first-order valence-electron chi connectivity index (χ1n) is 8.09. The summed E-state index contributed by atoms with van der Waals surface area (Å²) in [5.74, 6) is 1.42. The van der Waals surface area contributed by atoms with Crippen LogP contribution < -0.4 is 20.1 Å². The molecule has 0 aliphatic heterocycles. The molecule has 0 bridgehead atoms. The van der Waals surface area contributed by atoms with E-state index >= 15 is 0 Å². The number of hydrogen-bond donors (Lipinski definition) is 2. The van der Waals surface area contributed by atoms with E-state index < -0.39 is 0 Å². The molecule has 2 aromatic carbocycles. The zero-order chi connectivity index (χ0) is 18.1. The van der Waals surface area contributed by atoms with Gasteiger partial charge in [-0.1, -0.05) is 23.7 Å². The number of halogens is 1. The van der Waals surface area contributed by atoms with Crippen molar-refractivity contribution in [3.8, 4) is 11.5 Å². The Morgan fingerprint density at radius 2 is 1.80 bits per heavy atom. The number of methoxy groups -OCH3 is 2. The van der Waals surface area contributed by atoms with E-state index in [1.165, 1.54) is 0 Å². The van der Waals surface area contributed by atoms with Crippen LogP contribution in [0.25, 0.3) is 0 Å². The van der Waals surface area contributed by atoms with E-state index in [9.17, 15) is 4.79 Å². The zero-order valence-corrected chi connectivity index (χ0v) is 15.2. The van der Waals surface area contributed by atoms with Gasteiger partial charge in [0, 0.05) is 30.6 Å². The Kier molecular flexibility index (Phi) is 7.41. The quantitative estimate of drug-likeness (QED) is 0.716. The molecular weight excluding hydrogens is 340 g/mol. The zero-order valence-electron chi connectivity index (χ0n) is 14.5. The maximum absolute atomic E-state index is 11.9. The van der Waals surface area contributed by atoms with Crippen LogP contribution in [-0.2, 0) is 11.2 Å². The molecule has 0 unspecified atom stereocenters. The number of anilines is 1. The fourth-order valence-electron chi connectivity index (χ4n) is 2.34. The lowest BCUT2D eigenvalue weighted by atomic mass is 10.1. The average Bonchev–Trinajstić information content (AvgIpc) is 2.63. The lowest BCUT2D eigenvalue weighted by Gasteiger charge is -2.12.